The number of nitrogens with one attached hydrogen (secondary N) is 3. The zero-order chi connectivity index (χ0) is 20.0. The second-order valence-electron chi connectivity index (χ2n) is 6.68. The lowest BCUT2D eigenvalue weighted by Crippen LogP contribution is -2.24. The van der Waals surface area contributed by atoms with E-state index in [1.807, 2.05) is 35.6 Å². The van der Waals surface area contributed by atoms with Crippen LogP contribution in [-0.4, -0.2) is 16.5 Å². The van der Waals surface area contributed by atoms with Gasteiger partial charge in [0.05, 0.1) is 22.8 Å². The Morgan fingerprint density at radius 1 is 1.21 bits per heavy atom. The topological polar surface area (TPSA) is 79.8 Å². The maximum Gasteiger partial charge on any atom is 0.140 e. The molecule has 0 fully saturated rings. The van der Waals surface area contributed by atoms with E-state index < -0.39 is 0 Å². The Balaban J connectivity index is 1.55. The number of dihydropyridines is 1. The van der Waals surface area contributed by atoms with Crippen molar-refractivity contribution in [2.24, 2.45) is 0 Å². The van der Waals surface area contributed by atoms with Crippen molar-refractivity contribution >= 4 is 45.5 Å². The van der Waals surface area contributed by atoms with Gasteiger partial charge in [0.15, 0.2) is 0 Å². The normalized spacial score (nSPS) is 15.6. The molecule has 0 unspecified atom stereocenters. The standard InChI is InChI=1S/C21H14Cl2N6/c22-14-1-2-19(18(23)5-14)29-10-16-13(6-24)8-27-21(17(16)11-29)28-20-15-9-25-7-12(15)3-4-26-20/h1-5,7-10,25,27H,11H2,(H,26,28). The van der Waals surface area contributed by atoms with Crippen molar-refractivity contribution in [1.29, 1.82) is 5.26 Å². The highest BCUT2D eigenvalue weighted by molar-refractivity contribution is 6.36. The van der Waals surface area contributed by atoms with Gasteiger partial charge in [0.2, 0.25) is 0 Å². The van der Waals surface area contributed by atoms with Crippen LogP contribution in [0.25, 0.3) is 10.8 Å². The molecule has 3 N–H and O–H groups in total. The minimum absolute atomic E-state index is 0.550. The summed E-state index contributed by atoms with van der Waals surface area (Å²) >= 11 is 12.4. The average molecular weight is 421 g/mol. The number of pyridine rings is 1. The van der Waals surface area contributed by atoms with Gasteiger partial charge in [-0.2, -0.15) is 5.26 Å². The van der Waals surface area contributed by atoms with Crippen molar-refractivity contribution in [3.05, 3.63) is 87.8 Å². The van der Waals surface area contributed by atoms with E-state index in [0.29, 0.717) is 22.2 Å². The molecule has 0 saturated heterocycles. The van der Waals surface area contributed by atoms with Gasteiger partial charge in [0.1, 0.15) is 17.7 Å². The second kappa shape index (κ2) is 6.89. The molecule has 8 heteroatoms. The molecule has 2 aliphatic rings. The van der Waals surface area contributed by atoms with Crippen LogP contribution in [0.1, 0.15) is 0 Å². The van der Waals surface area contributed by atoms with E-state index in [4.69, 9.17) is 23.2 Å². The Morgan fingerprint density at radius 2 is 2.10 bits per heavy atom. The highest BCUT2D eigenvalue weighted by Crippen LogP contribution is 2.38. The number of allylic oxidation sites excluding steroid dienone is 1. The van der Waals surface area contributed by atoms with E-state index >= 15 is 0 Å². The van der Waals surface area contributed by atoms with Crippen LogP contribution >= 0.6 is 23.2 Å². The van der Waals surface area contributed by atoms with E-state index in [2.05, 4.69) is 26.7 Å². The Bertz CT molecular complexity index is 1280. The van der Waals surface area contributed by atoms with Gasteiger partial charge in [-0.05, 0) is 24.3 Å². The van der Waals surface area contributed by atoms with Crippen LogP contribution in [-0.2, 0) is 0 Å². The van der Waals surface area contributed by atoms with Gasteiger partial charge >= 0.3 is 0 Å². The summed E-state index contributed by atoms with van der Waals surface area (Å²) in [5.41, 5.74) is 3.20. The van der Waals surface area contributed by atoms with Crippen LogP contribution in [0.4, 0.5) is 11.5 Å². The minimum atomic E-state index is 0.550. The molecule has 0 aliphatic carbocycles. The molecule has 1 aromatic carbocycles. The average Bonchev–Trinajstić information content (AvgIpc) is 3.36. The molecule has 0 spiro atoms. The summed E-state index contributed by atoms with van der Waals surface area (Å²) in [5, 5.41) is 19.3. The summed E-state index contributed by atoms with van der Waals surface area (Å²) in [7, 11) is 0. The summed E-state index contributed by atoms with van der Waals surface area (Å²) < 4.78 is 0. The Hall–Kier alpha value is -3.40. The molecule has 0 saturated carbocycles. The molecular weight excluding hydrogens is 407 g/mol. The molecule has 6 nitrogen and oxygen atoms in total. The van der Waals surface area contributed by atoms with Gasteiger partial charge in [-0.15, -0.1) is 0 Å². The first-order valence-corrected chi connectivity index (χ1v) is 9.62. The summed E-state index contributed by atoms with van der Waals surface area (Å²) in [5.74, 6) is 1.51. The van der Waals surface area contributed by atoms with E-state index in [1.165, 1.54) is 0 Å². The minimum Gasteiger partial charge on any atom is -0.366 e. The van der Waals surface area contributed by atoms with E-state index in [1.54, 1.807) is 24.5 Å². The van der Waals surface area contributed by atoms with Crippen LogP contribution in [0.2, 0.25) is 10.0 Å². The number of nitriles is 1. The molecular formula is C21H14Cl2N6. The van der Waals surface area contributed by atoms with E-state index in [-0.39, 0.29) is 0 Å². The molecule has 0 atom stereocenters. The predicted molar refractivity (Wildman–Crippen MR) is 115 cm³/mol. The molecule has 3 aromatic rings. The molecule has 0 bridgehead atoms. The number of aromatic nitrogens is 2. The number of anilines is 2. The van der Waals surface area contributed by atoms with Crippen LogP contribution in [0, 0.1) is 11.3 Å². The van der Waals surface area contributed by atoms with Crippen molar-refractivity contribution in [2.45, 2.75) is 0 Å². The SMILES string of the molecule is N#CC1=CNC(Nc2nccc3c[nH]cc23)=C2CN(c3ccc(Cl)cc3Cl)C=C12. The molecule has 0 amide bonds. The molecule has 0 radical (unpaired) electrons. The van der Waals surface area contributed by atoms with Gasteiger partial charge in [0.25, 0.3) is 0 Å². The van der Waals surface area contributed by atoms with Crippen molar-refractivity contribution in [3.8, 4) is 6.07 Å². The summed E-state index contributed by atoms with van der Waals surface area (Å²) in [6, 6.07) is 9.58. The van der Waals surface area contributed by atoms with Crippen molar-refractivity contribution in [3.63, 3.8) is 0 Å². The lowest BCUT2D eigenvalue weighted by Gasteiger charge is -2.21. The number of aromatic amines is 1. The Morgan fingerprint density at radius 3 is 2.93 bits per heavy atom. The summed E-state index contributed by atoms with van der Waals surface area (Å²) in [6.07, 6.45) is 9.22. The monoisotopic (exact) mass is 420 g/mol. The third kappa shape index (κ3) is 3.01. The van der Waals surface area contributed by atoms with Gasteiger partial charge in [-0.3, -0.25) is 0 Å². The molecule has 4 heterocycles. The molecule has 29 heavy (non-hydrogen) atoms. The molecule has 2 aliphatic heterocycles. The lowest BCUT2D eigenvalue weighted by molar-refractivity contribution is 0.971. The van der Waals surface area contributed by atoms with Crippen molar-refractivity contribution in [2.75, 3.05) is 16.8 Å². The molecule has 2 aromatic heterocycles. The van der Waals surface area contributed by atoms with Gasteiger partial charge in [-0.1, -0.05) is 23.2 Å². The highest BCUT2D eigenvalue weighted by atomic mass is 35.5. The summed E-state index contributed by atoms with van der Waals surface area (Å²) in [6.45, 7) is 0.550. The van der Waals surface area contributed by atoms with E-state index in [9.17, 15) is 5.26 Å². The smallest absolute Gasteiger partial charge is 0.140 e. The van der Waals surface area contributed by atoms with Crippen LogP contribution in [0.3, 0.4) is 0 Å². The zero-order valence-corrected chi connectivity index (χ0v) is 16.5. The number of hydrogen-bond acceptors (Lipinski definition) is 5. The summed E-state index contributed by atoms with van der Waals surface area (Å²) in [4.78, 5) is 9.58. The fraction of sp³-hybridized carbons (Fsp3) is 0.0476. The number of rotatable bonds is 3. The van der Waals surface area contributed by atoms with Crippen LogP contribution in [0.15, 0.2) is 77.8 Å². The quantitative estimate of drug-likeness (QED) is 0.560. The maximum atomic E-state index is 9.55. The molecule has 142 valence electrons. The predicted octanol–water partition coefficient (Wildman–Crippen LogP) is 4.91. The third-order valence-corrected chi connectivity index (χ3v) is 5.50. The number of fused-ring (bicyclic) bond motifs is 2. The lowest BCUT2D eigenvalue weighted by atomic mass is 10.00. The highest BCUT2D eigenvalue weighted by Gasteiger charge is 2.29. The third-order valence-electron chi connectivity index (χ3n) is 4.96. The van der Waals surface area contributed by atoms with Crippen LogP contribution < -0.4 is 15.5 Å². The van der Waals surface area contributed by atoms with Crippen LogP contribution in [0.5, 0.6) is 0 Å². The van der Waals surface area contributed by atoms with Gasteiger partial charge in [-0.25, -0.2) is 4.98 Å². The largest absolute Gasteiger partial charge is 0.366 e. The number of H-pyrrole nitrogens is 1. The van der Waals surface area contributed by atoms with Crippen molar-refractivity contribution < 1.29 is 0 Å². The fourth-order valence-electron chi connectivity index (χ4n) is 3.56. The maximum absolute atomic E-state index is 9.55. The van der Waals surface area contributed by atoms with E-state index in [0.717, 1.165) is 39.2 Å². The number of benzene rings is 1. The Labute approximate surface area is 176 Å². The number of nitrogens with zero attached hydrogens (tertiary/aromatic N) is 3. The Kier molecular flexibility index (Phi) is 4.20. The van der Waals surface area contributed by atoms with Crippen molar-refractivity contribution in [1.82, 2.24) is 15.3 Å². The fourth-order valence-corrected chi connectivity index (χ4v) is 4.08. The first-order valence-electron chi connectivity index (χ1n) is 8.87. The number of halogens is 2. The molecule has 5 rings (SSSR count). The second-order valence-corrected chi connectivity index (χ2v) is 7.52. The first kappa shape index (κ1) is 17.7. The number of hydrogen-bond donors (Lipinski definition) is 3. The van der Waals surface area contributed by atoms with Gasteiger partial charge < -0.3 is 20.5 Å². The van der Waals surface area contributed by atoms with Gasteiger partial charge in [0, 0.05) is 57.9 Å². The zero-order valence-electron chi connectivity index (χ0n) is 15.0. The first-order chi connectivity index (χ1) is 14.1.